The zero-order valence-corrected chi connectivity index (χ0v) is 20.8. The van der Waals surface area contributed by atoms with E-state index in [0.29, 0.717) is 51.9 Å². The molecule has 0 aliphatic rings. The highest BCUT2D eigenvalue weighted by atomic mass is 16.5. The molecule has 38 heavy (non-hydrogen) atoms. The summed E-state index contributed by atoms with van der Waals surface area (Å²) in [5.41, 5.74) is 1.81. The van der Waals surface area contributed by atoms with Crippen molar-refractivity contribution in [2.24, 2.45) is 0 Å². The van der Waals surface area contributed by atoms with Gasteiger partial charge in [-0.2, -0.15) is 5.10 Å². The molecule has 5 rings (SSSR count). The fourth-order valence-electron chi connectivity index (χ4n) is 3.66. The molecule has 0 aliphatic carbocycles. The van der Waals surface area contributed by atoms with Crippen LogP contribution in [0, 0.1) is 0 Å². The summed E-state index contributed by atoms with van der Waals surface area (Å²) in [6.45, 7) is 2.20. The summed E-state index contributed by atoms with van der Waals surface area (Å²) in [6.07, 6.45) is 9.40. The molecule has 0 aliphatic heterocycles. The van der Waals surface area contributed by atoms with Crippen LogP contribution in [0.25, 0.3) is 16.6 Å². The molecule has 5 aromatic rings. The third kappa shape index (κ3) is 5.00. The molecule has 1 aromatic carbocycles. The number of hydrogen-bond donors (Lipinski definition) is 1. The average molecular weight is 514 g/mol. The first kappa shape index (κ1) is 24.4. The summed E-state index contributed by atoms with van der Waals surface area (Å²) in [7, 11) is 3.11. The van der Waals surface area contributed by atoms with E-state index in [1.807, 2.05) is 13.0 Å². The Kier molecular flexibility index (Phi) is 6.93. The third-order valence-electron chi connectivity index (χ3n) is 5.40. The van der Waals surface area contributed by atoms with E-state index < -0.39 is 5.91 Å². The summed E-state index contributed by atoms with van der Waals surface area (Å²) in [6, 6.07) is 8.91. The van der Waals surface area contributed by atoms with Crippen LogP contribution in [0.2, 0.25) is 0 Å². The molecule has 0 spiro atoms. The van der Waals surface area contributed by atoms with Crippen LogP contribution in [0.1, 0.15) is 17.4 Å². The lowest BCUT2D eigenvalue weighted by Gasteiger charge is -2.11. The number of nitrogens with one attached hydrogen (secondary N) is 1. The SMILES string of the molecule is CCOc1cn(-c2cccnc2)nc1C(=O)Nc1cnc(Oc2ccnc3cc(OC)c(OC)cc23)nc1. The molecular formula is C26H23N7O5. The normalized spacial score (nSPS) is 10.7. The van der Waals surface area contributed by atoms with E-state index in [2.05, 4.69) is 30.4 Å². The second-order valence-corrected chi connectivity index (χ2v) is 7.77. The van der Waals surface area contributed by atoms with Crippen molar-refractivity contribution < 1.29 is 23.7 Å². The summed E-state index contributed by atoms with van der Waals surface area (Å²) >= 11 is 0. The Morgan fingerprint density at radius 1 is 0.947 bits per heavy atom. The summed E-state index contributed by atoms with van der Waals surface area (Å²) in [5, 5.41) is 7.81. The second-order valence-electron chi connectivity index (χ2n) is 7.77. The molecule has 1 amide bonds. The molecule has 4 aromatic heterocycles. The fraction of sp³-hybridized carbons (Fsp3) is 0.154. The van der Waals surface area contributed by atoms with E-state index in [1.54, 1.807) is 63.3 Å². The first-order valence-corrected chi connectivity index (χ1v) is 11.5. The number of aromatic nitrogens is 6. The maximum atomic E-state index is 13.0. The standard InChI is InChI=1S/C26H23N7O5/c1-4-37-23-15-33(17-6-5-8-27-14-17)32-24(23)25(34)31-16-12-29-26(30-13-16)38-20-7-9-28-19-11-22(36-3)21(35-2)10-18(19)20/h5-15H,4H2,1-3H3,(H,31,34). The maximum absolute atomic E-state index is 13.0. The smallest absolute Gasteiger partial charge is 0.322 e. The number of benzene rings is 1. The number of methoxy groups -OCH3 is 2. The van der Waals surface area contributed by atoms with Gasteiger partial charge in [0, 0.05) is 23.8 Å². The molecule has 0 unspecified atom stereocenters. The van der Waals surface area contributed by atoms with Crippen LogP contribution in [-0.4, -0.2) is 56.5 Å². The van der Waals surface area contributed by atoms with Gasteiger partial charge in [-0.25, -0.2) is 14.6 Å². The zero-order valence-electron chi connectivity index (χ0n) is 20.8. The van der Waals surface area contributed by atoms with Gasteiger partial charge >= 0.3 is 6.01 Å². The van der Waals surface area contributed by atoms with E-state index in [-0.39, 0.29) is 11.7 Å². The molecule has 0 saturated carbocycles. The molecule has 12 heteroatoms. The predicted molar refractivity (Wildman–Crippen MR) is 137 cm³/mol. The summed E-state index contributed by atoms with van der Waals surface area (Å²) in [4.78, 5) is 29.9. The number of rotatable bonds is 9. The Labute approximate surface area is 217 Å². The first-order chi connectivity index (χ1) is 18.6. The van der Waals surface area contributed by atoms with Gasteiger partial charge in [0.2, 0.25) is 0 Å². The fourth-order valence-corrected chi connectivity index (χ4v) is 3.66. The van der Waals surface area contributed by atoms with Crippen LogP contribution in [-0.2, 0) is 0 Å². The molecule has 192 valence electrons. The molecule has 4 heterocycles. The molecular weight excluding hydrogens is 490 g/mol. The van der Waals surface area contributed by atoms with Crippen LogP contribution in [0.4, 0.5) is 5.69 Å². The molecule has 0 atom stereocenters. The van der Waals surface area contributed by atoms with Crippen LogP contribution in [0.15, 0.2) is 67.5 Å². The van der Waals surface area contributed by atoms with Gasteiger partial charge in [-0.1, -0.05) is 0 Å². The van der Waals surface area contributed by atoms with E-state index >= 15 is 0 Å². The first-order valence-electron chi connectivity index (χ1n) is 11.5. The van der Waals surface area contributed by atoms with Gasteiger partial charge in [-0.05, 0) is 31.2 Å². The number of hydrogen-bond acceptors (Lipinski definition) is 10. The van der Waals surface area contributed by atoms with Crippen molar-refractivity contribution in [1.82, 2.24) is 29.7 Å². The lowest BCUT2D eigenvalue weighted by molar-refractivity contribution is 0.101. The summed E-state index contributed by atoms with van der Waals surface area (Å²) in [5.74, 6) is 1.43. The van der Waals surface area contributed by atoms with Gasteiger partial charge in [0.05, 0.1) is 62.5 Å². The molecule has 0 radical (unpaired) electrons. The van der Waals surface area contributed by atoms with Crippen LogP contribution in [0.5, 0.6) is 29.0 Å². The highest BCUT2D eigenvalue weighted by Gasteiger charge is 2.20. The van der Waals surface area contributed by atoms with Gasteiger partial charge in [-0.3, -0.25) is 14.8 Å². The van der Waals surface area contributed by atoms with E-state index in [1.165, 1.54) is 17.1 Å². The molecule has 0 fully saturated rings. The number of amides is 1. The Bertz CT molecular complexity index is 1570. The number of carbonyl (C=O) groups is 1. The van der Waals surface area contributed by atoms with Gasteiger partial charge in [0.15, 0.2) is 22.9 Å². The van der Waals surface area contributed by atoms with Crippen molar-refractivity contribution in [2.45, 2.75) is 6.92 Å². The summed E-state index contributed by atoms with van der Waals surface area (Å²) < 4.78 is 23.8. The number of ether oxygens (including phenoxy) is 4. The van der Waals surface area contributed by atoms with Gasteiger partial charge < -0.3 is 24.3 Å². The third-order valence-corrected chi connectivity index (χ3v) is 5.40. The number of fused-ring (bicyclic) bond motifs is 1. The maximum Gasteiger partial charge on any atom is 0.322 e. The molecule has 12 nitrogen and oxygen atoms in total. The van der Waals surface area contributed by atoms with Crippen molar-refractivity contribution in [3.8, 4) is 34.7 Å². The van der Waals surface area contributed by atoms with Gasteiger partial charge in [0.1, 0.15) is 5.75 Å². The van der Waals surface area contributed by atoms with E-state index in [4.69, 9.17) is 18.9 Å². The average Bonchev–Trinajstić information content (AvgIpc) is 3.38. The quantitative estimate of drug-likeness (QED) is 0.307. The Hall–Kier alpha value is -5.26. The van der Waals surface area contributed by atoms with Crippen molar-refractivity contribution in [2.75, 3.05) is 26.1 Å². The van der Waals surface area contributed by atoms with Crippen molar-refractivity contribution in [3.63, 3.8) is 0 Å². The van der Waals surface area contributed by atoms with E-state index in [9.17, 15) is 4.79 Å². The van der Waals surface area contributed by atoms with Crippen molar-refractivity contribution >= 4 is 22.5 Å². The largest absolute Gasteiger partial charge is 0.493 e. The number of pyridine rings is 2. The minimum Gasteiger partial charge on any atom is -0.493 e. The number of nitrogens with zero attached hydrogens (tertiary/aromatic N) is 6. The number of anilines is 1. The Morgan fingerprint density at radius 2 is 1.74 bits per heavy atom. The van der Waals surface area contributed by atoms with Crippen LogP contribution < -0.4 is 24.3 Å². The number of carbonyl (C=O) groups excluding carboxylic acids is 1. The van der Waals surface area contributed by atoms with Crippen molar-refractivity contribution in [1.29, 1.82) is 0 Å². The monoisotopic (exact) mass is 513 g/mol. The molecule has 1 N–H and O–H groups in total. The minimum absolute atomic E-state index is 0.0844. The highest BCUT2D eigenvalue weighted by molar-refractivity contribution is 6.04. The lowest BCUT2D eigenvalue weighted by Crippen LogP contribution is -2.15. The topological polar surface area (TPSA) is 135 Å². The lowest BCUT2D eigenvalue weighted by atomic mass is 10.2. The minimum atomic E-state index is -0.477. The Morgan fingerprint density at radius 3 is 2.45 bits per heavy atom. The van der Waals surface area contributed by atoms with Crippen LogP contribution >= 0.6 is 0 Å². The van der Waals surface area contributed by atoms with Crippen LogP contribution in [0.3, 0.4) is 0 Å². The van der Waals surface area contributed by atoms with Gasteiger partial charge in [0.25, 0.3) is 5.91 Å². The Balaban J connectivity index is 1.34. The zero-order chi connectivity index (χ0) is 26.5. The highest BCUT2D eigenvalue weighted by Crippen LogP contribution is 2.36. The van der Waals surface area contributed by atoms with Crippen molar-refractivity contribution in [3.05, 3.63) is 73.2 Å². The molecule has 0 bridgehead atoms. The predicted octanol–water partition coefficient (Wildman–Crippen LogP) is 4.07. The molecule has 0 saturated heterocycles. The van der Waals surface area contributed by atoms with Gasteiger partial charge in [-0.15, -0.1) is 0 Å². The van der Waals surface area contributed by atoms with E-state index in [0.717, 1.165) is 0 Å². The second kappa shape index (κ2) is 10.8.